The molecule has 0 aliphatic heterocycles. The molecule has 14 heavy (non-hydrogen) atoms. The molecular weight excluding hydrogens is 261 g/mol. The molecule has 0 saturated heterocycles. The second kappa shape index (κ2) is 5.05. The standard InChI is InChI=1S/C7H4Cl2F3N.ClH/c8-2-6-5(9)1-4(3-13-6)7(10,11)12;/h1,3H,2H2;1H. The van der Waals surface area contributed by atoms with Gasteiger partial charge in [-0.2, -0.15) is 13.2 Å². The molecule has 0 aliphatic rings. The van der Waals surface area contributed by atoms with Gasteiger partial charge in [0, 0.05) is 6.20 Å². The quantitative estimate of drug-likeness (QED) is 0.702. The maximum absolute atomic E-state index is 12.1. The van der Waals surface area contributed by atoms with Crippen LogP contribution in [0, 0.1) is 0 Å². The fourth-order valence-corrected chi connectivity index (χ4v) is 1.23. The molecule has 0 spiro atoms. The highest BCUT2D eigenvalue weighted by atomic mass is 35.5. The normalized spacial score (nSPS) is 10.9. The van der Waals surface area contributed by atoms with Gasteiger partial charge in [0.1, 0.15) is 0 Å². The van der Waals surface area contributed by atoms with Gasteiger partial charge in [-0.05, 0) is 6.07 Å². The molecule has 0 aromatic carbocycles. The molecule has 0 unspecified atom stereocenters. The van der Waals surface area contributed by atoms with Gasteiger partial charge in [0.05, 0.1) is 22.2 Å². The van der Waals surface area contributed by atoms with Crippen LogP contribution in [0.25, 0.3) is 0 Å². The highest BCUT2D eigenvalue weighted by Gasteiger charge is 2.31. The number of halogens is 6. The van der Waals surface area contributed by atoms with E-state index in [4.69, 9.17) is 23.2 Å². The van der Waals surface area contributed by atoms with Gasteiger partial charge in [-0.15, -0.1) is 24.0 Å². The lowest BCUT2D eigenvalue weighted by molar-refractivity contribution is -0.137. The van der Waals surface area contributed by atoms with E-state index in [-0.39, 0.29) is 29.0 Å². The van der Waals surface area contributed by atoms with E-state index >= 15 is 0 Å². The Morgan fingerprint density at radius 1 is 1.36 bits per heavy atom. The summed E-state index contributed by atoms with van der Waals surface area (Å²) in [5.74, 6) is -0.00301. The van der Waals surface area contributed by atoms with Crippen LogP contribution in [0.3, 0.4) is 0 Å². The fraction of sp³-hybridized carbons (Fsp3) is 0.286. The van der Waals surface area contributed by atoms with Crippen molar-refractivity contribution >= 4 is 35.6 Å². The van der Waals surface area contributed by atoms with Crippen LogP contribution in [-0.4, -0.2) is 4.98 Å². The average Bonchev–Trinajstić information content (AvgIpc) is 2.02. The van der Waals surface area contributed by atoms with Crippen molar-refractivity contribution in [2.75, 3.05) is 0 Å². The van der Waals surface area contributed by atoms with Crippen molar-refractivity contribution in [3.8, 4) is 0 Å². The first kappa shape index (κ1) is 13.8. The van der Waals surface area contributed by atoms with Crippen LogP contribution < -0.4 is 0 Å². The van der Waals surface area contributed by atoms with Gasteiger partial charge >= 0.3 is 6.18 Å². The minimum atomic E-state index is -4.42. The van der Waals surface area contributed by atoms with Crippen LogP contribution in [-0.2, 0) is 12.1 Å². The van der Waals surface area contributed by atoms with Gasteiger partial charge in [-0.3, -0.25) is 4.98 Å². The molecule has 0 aliphatic carbocycles. The Balaban J connectivity index is 0.00000169. The maximum Gasteiger partial charge on any atom is 0.417 e. The lowest BCUT2D eigenvalue weighted by Gasteiger charge is -2.07. The zero-order valence-corrected chi connectivity index (χ0v) is 8.94. The molecule has 1 aromatic heterocycles. The van der Waals surface area contributed by atoms with E-state index in [1.807, 2.05) is 0 Å². The van der Waals surface area contributed by atoms with E-state index in [1.54, 1.807) is 0 Å². The third-order valence-electron chi connectivity index (χ3n) is 1.37. The fourth-order valence-electron chi connectivity index (χ4n) is 0.720. The van der Waals surface area contributed by atoms with E-state index in [9.17, 15) is 13.2 Å². The zero-order chi connectivity index (χ0) is 10.1. The molecule has 80 valence electrons. The highest BCUT2D eigenvalue weighted by Crippen LogP contribution is 2.31. The van der Waals surface area contributed by atoms with E-state index in [0.717, 1.165) is 6.07 Å². The Kier molecular flexibility index (Phi) is 4.98. The van der Waals surface area contributed by atoms with Crippen molar-refractivity contribution in [3.05, 3.63) is 28.5 Å². The van der Waals surface area contributed by atoms with Crippen molar-refractivity contribution in [1.29, 1.82) is 0 Å². The Morgan fingerprint density at radius 3 is 2.29 bits per heavy atom. The second-order valence-electron chi connectivity index (χ2n) is 2.28. The van der Waals surface area contributed by atoms with Gasteiger partial charge < -0.3 is 0 Å². The lowest BCUT2D eigenvalue weighted by atomic mass is 10.2. The largest absolute Gasteiger partial charge is 0.417 e. The van der Waals surface area contributed by atoms with Gasteiger partial charge in [0.15, 0.2) is 0 Å². The minimum Gasteiger partial charge on any atom is -0.258 e. The Hall–Kier alpha value is -0.190. The summed E-state index contributed by atoms with van der Waals surface area (Å²) < 4.78 is 36.2. The predicted molar refractivity (Wildman–Crippen MR) is 51.1 cm³/mol. The number of hydrogen-bond donors (Lipinski definition) is 0. The van der Waals surface area contributed by atoms with Gasteiger partial charge in [0.2, 0.25) is 0 Å². The molecule has 0 N–H and O–H groups in total. The first-order valence-corrected chi connectivity index (χ1v) is 4.14. The first-order valence-electron chi connectivity index (χ1n) is 3.22. The smallest absolute Gasteiger partial charge is 0.258 e. The average molecular weight is 266 g/mol. The third-order valence-corrected chi connectivity index (χ3v) is 1.95. The molecule has 0 saturated carbocycles. The van der Waals surface area contributed by atoms with Gasteiger partial charge in [-0.1, -0.05) is 11.6 Å². The number of nitrogens with zero attached hydrogens (tertiary/aromatic N) is 1. The molecular formula is C7H5Cl3F3N. The first-order chi connectivity index (χ1) is 5.95. The monoisotopic (exact) mass is 265 g/mol. The molecule has 0 fully saturated rings. The number of hydrogen-bond acceptors (Lipinski definition) is 1. The zero-order valence-electron chi connectivity index (χ0n) is 6.61. The molecule has 0 atom stereocenters. The summed E-state index contributed by atoms with van der Waals surface area (Å²) in [5, 5.41) is -0.0650. The lowest BCUT2D eigenvalue weighted by Crippen LogP contribution is -2.06. The van der Waals surface area contributed by atoms with E-state index in [0.29, 0.717) is 6.20 Å². The molecule has 0 radical (unpaired) electrons. The minimum absolute atomic E-state index is 0. The Morgan fingerprint density at radius 2 is 1.93 bits per heavy atom. The third kappa shape index (κ3) is 3.19. The number of alkyl halides is 4. The summed E-state index contributed by atoms with van der Waals surface area (Å²) in [4.78, 5) is 3.48. The summed E-state index contributed by atoms with van der Waals surface area (Å²) >= 11 is 10.9. The molecule has 7 heteroatoms. The number of aromatic nitrogens is 1. The Bertz CT molecular complexity index is 314. The van der Waals surface area contributed by atoms with Crippen LogP contribution in [0.15, 0.2) is 12.3 Å². The maximum atomic E-state index is 12.1. The summed E-state index contributed by atoms with van der Waals surface area (Å²) in [6, 6.07) is 0.812. The van der Waals surface area contributed by atoms with E-state index < -0.39 is 11.7 Å². The molecule has 1 aromatic rings. The van der Waals surface area contributed by atoms with Crippen molar-refractivity contribution in [3.63, 3.8) is 0 Å². The summed E-state index contributed by atoms with van der Waals surface area (Å²) in [6.07, 6.45) is -3.70. The Labute approximate surface area is 94.6 Å². The molecule has 1 heterocycles. The SMILES string of the molecule is Cl.FC(F)(F)c1cnc(CCl)c(Cl)c1. The van der Waals surface area contributed by atoms with Crippen LogP contribution in [0.4, 0.5) is 13.2 Å². The van der Waals surface area contributed by atoms with Gasteiger partial charge in [0.25, 0.3) is 0 Å². The number of pyridine rings is 1. The highest BCUT2D eigenvalue weighted by molar-refractivity contribution is 6.32. The topological polar surface area (TPSA) is 12.9 Å². The molecule has 1 nitrogen and oxygen atoms in total. The number of rotatable bonds is 1. The molecule has 0 amide bonds. The predicted octanol–water partition coefficient (Wildman–Crippen LogP) is 3.91. The summed E-state index contributed by atoms with van der Waals surface area (Å²) in [5.41, 5.74) is -0.622. The van der Waals surface area contributed by atoms with E-state index in [1.165, 1.54) is 0 Å². The summed E-state index contributed by atoms with van der Waals surface area (Å²) in [6.45, 7) is 0. The van der Waals surface area contributed by atoms with Crippen molar-refractivity contribution < 1.29 is 13.2 Å². The van der Waals surface area contributed by atoms with Crippen LogP contribution in [0.1, 0.15) is 11.3 Å². The summed E-state index contributed by atoms with van der Waals surface area (Å²) in [7, 11) is 0. The van der Waals surface area contributed by atoms with E-state index in [2.05, 4.69) is 4.98 Å². The van der Waals surface area contributed by atoms with Crippen LogP contribution >= 0.6 is 35.6 Å². The molecule has 1 rings (SSSR count). The van der Waals surface area contributed by atoms with Crippen molar-refractivity contribution in [2.24, 2.45) is 0 Å². The van der Waals surface area contributed by atoms with Crippen LogP contribution in [0.5, 0.6) is 0 Å². The van der Waals surface area contributed by atoms with Crippen molar-refractivity contribution in [2.45, 2.75) is 12.1 Å². The molecule has 0 bridgehead atoms. The second-order valence-corrected chi connectivity index (χ2v) is 2.96. The van der Waals surface area contributed by atoms with Crippen LogP contribution in [0.2, 0.25) is 5.02 Å². The van der Waals surface area contributed by atoms with Crippen molar-refractivity contribution in [1.82, 2.24) is 4.98 Å². The van der Waals surface area contributed by atoms with Gasteiger partial charge in [-0.25, -0.2) is 0 Å².